The van der Waals surface area contributed by atoms with E-state index in [1.54, 1.807) is 6.07 Å². The van der Waals surface area contributed by atoms with Gasteiger partial charge in [0.05, 0.1) is 47.7 Å². The van der Waals surface area contributed by atoms with Crippen molar-refractivity contribution in [3.63, 3.8) is 0 Å². The molecule has 1 aliphatic carbocycles. The van der Waals surface area contributed by atoms with Crippen molar-refractivity contribution in [3.8, 4) is 5.88 Å². The molecule has 2 aromatic rings. The summed E-state index contributed by atoms with van der Waals surface area (Å²) in [5, 5.41) is 3.05. The van der Waals surface area contributed by atoms with Crippen LogP contribution in [0.15, 0.2) is 18.3 Å². The third-order valence-electron chi connectivity index (χ3n) is 7.71. The Kier molecular flexibility index (Phi) is 6.57. The number of amides is 1. The number of ether oxygens (including phenoxy) is 4. The first-order valence-corrected chi connectivity index (χ1v) is 12.9. The van der Waals surface area contributed by atoms with Crippen LogP contribution in [0.3, 0.4) is 0 Å². The normalized spacial score (nSPS) is 29.6. The summed E-state index contributed by atoms with van der Waals surface area (Å²) in [5.74, 6) is 0.539. The Morgan fingerprint density at radius 1 is 1.25 bits per heavy atom. The third-order valence-corrected chi connectivity index (χ3v) is 7.71. The summed E-state index contributed by atoms with van der Waals surface area (Å²) in [6, 6.07) is 3.58. The molecule has 4 fully saturated rings. The van der Waals surface area contributed by atoms with Crippen LogP contribution in [-0.4, -0.2) is 58.7 Å². The maximum atomic E-state index is 14.9. The number of nitrogens with zero attached hydrogens (tertiary/aromatic N) is 2. The van der Waals surface area contributed by atoms with E-state index in [0.29, 0.717) is 54.5 Å². The van der Waals surface area contributed by atoms with E-state index in [1.807, 2.05) is 26.8 Å². The molecule has 196 valence electrons. The Morgan fingerprint density at radius 2 is 2.03 bits per heavy atom. The smallest absolute Gasteiger partial charge is 0.408 e. The number of hydrogen-bond donors (Lipinski definition) is 1. The second-order valence-electron chi connectivity index (χ2n) is 11.6. The molecular weight excluding hydrogens is 465 g/mol. The van der Waals surface area contributed by atoms with Gasteiger partial charge in [0.15, 0.2) is 0 Å². The SMILES string of the molecule is C[C@H]1CO[C@H]1COc1ccc2ncc(F)c(CCC34CCC(NC(=O)OC(C)(C)C)(CC3)CO4)c2n1. The summed E-state index contributed by atoms with van der Waals surface area (Å²) in [4.78, 5) is 21.2. The topological polar surface area (TPSA) is 91.8 Å². The average Bonchev–Trinajstić information content (AvgIpc) is 2.82. The molecule has 2 bridgehead atoms. The Hall–Kier alpha value is -2.52. The zero-order valence-electron chi connectivity index (χ0n) is 21.6. The molecule has 4 aliphatic rings. The third kappa shape index (κ3) is 5.27. The lowest BCUT2D eigenvalue weighted by Gasteiger charge is -2.53. The van der Waals surface area contributed by atoms with Crippen molar-refractivity contribution in [2.75, 3.05) is 19.8 Å². The van der Waals surface area contributed by atoms with Crippen molar-refractivity contribution in [1.29, 1.82) is 0 Å². The first kappa shape index (κ1) is 25.1. The van der Waals surface area contributed by atoms with E-state index < -0.39 is 17.2 Å². The summed E-state index contributed by atoms with van der Waals surface area (Å²) >= 11 is 0. The van der Waals surface area contributed by atoms with Crippen LogP contribution >= 0.6 is 0 Å². The molecule has 1 saturated carbocycles. The molecule has 6 rings (SSSR count). The van der Waals surface area contributed by atoms with Gasteiger partial charge in [-0.3, -0.25) is 4.98 Å². The van der Waals surface area contributed by atoms with Crippen LogP contribution in [0.25, 0.3) is 11.0 Å². The number of halogens is 1. The largest absolute Gasteiger partial charge is 0.475 e. The van der Waals surface area contributed by atoms with Crippen molar-refractivity contribution in [1.82, 2.24) is 15.3 Å². The number of carbonyl (C=O) groups is 1. The van der Waals surface area contributed by atoms with Crippen LogP contribution in [0.1, 0.15) is 65.4 Å². The maximum Gasteiger partial charge on any atom is 0.408 e. The molecule has 36 heavy (non-hydrogen) atoms. The van der Waals surface area contributed by atoms with Gasteiger partial charge in [0.25, 0.3) is 0 Å². The summed E-state index contributed by atoms with van der Waals surface area (Å²) in [7, 11) is 0. The molecule has 3 aliphatic heterocycles. The van der Waals surface area contributed by atoms with E-state index in [-0.39, 0.29) is 17.5 Å². The minimum Gasteiger partial charge on any atom is -0.475 e. The molecular formula is C27H36FN3O5. The van der Waals surface area contributed by atoms with Gasteiger partial charge in [-0.1, -0.05) is 6.92 Å². The van der Waals surface area contributed by atoms with Crippen LogP contribution in [0, 0.1) is 11.7 Å². The molecule has 2 atom stereocenters. The Morgan fingerprint density at radius 3 is 2.64 bits per heavy atom. The zero-order valence-corrected chi connectivity index (χ0v) is 21.6. The number of aryl methyl sites for hydroxylation is 1. The highest BCUT2D eigenvalue weighted by Crippen LogP contribution is 2.46. The summed E-state index contributed by atoms with van der Waals surface area (Å²) in [6.45, 7) is 9.28. The molecule has 0 aromatic carbocycles. The predicted octanol–water partition coefficient (Wildman–Crippen LogP) is 4.72. The van der Waals surface area contributed by atoms with E-state index in [1.165, 1.54) is 6.20 Å². The Labute approximate surface area is 211 Å². The van der Waals surface area contributed by atoms with Crippen LogP contribution in [0.4, 0.5) is 9.18 Å². The lowest BCUT2D eigenvalue weighted by Crippen LogP contribution is -2.63. The van der Waals surface area contributed by atoms with Gasteiger partial charge in [0.1, 0.15) is 18.0 Å². The highest BCUT2D eigenvalue weighted by atomic mass is 19.1. The standard InChI is InChI=1S/C27H36FN3O5/c1-17-14-33-21(17)15-34-22-6-5-20-23(30-22)18(19(28)13-29-20)7-8-27-11-9-26(10-12-27,16-35-27)31-24(32)36-25(2,3)4/h5-6,13,17,21H,7-12,14-16H2,1-4H3,(H,31,32)/t17-,21-,26?,27?/m0/s1. The molecule has 9 heteroatoms. The van der Waals surface area contributed by atoms with Crippen molar-refractivity contribution in [2.24, 2.45) is 5.92 Å². The van der Waals surface area contributed by atoms with Gasteiger partial charge in [-0.05, 0) is 65.4 Å². The zero-order chi connectivity index (χ0) is 25.6. The summed E-state index contributed by atoms with van der Waals surface area (Å²) in [6.07, 6.45) is 5.30. The molecule has 0 radical (unpaired) electrons. The minimum absolute atomic E-state index is 0.0679. The van der Waals surface area contributed by atoms with Crippen LogP contribution in [0.2, 0.25) is 0 Å². The van der Waals surface area contributed by atoms with Gasteiger partial charge >= 0.3 is 6.09 Å². The summed E-state index contributed by atoms with van der Waals surface area (Å²) < 4.78 is 38.1. The second-order valence-corrected chi connectivity index (χ2v) is 11.6. The number of fused-ring (bicyclic) bond motifs is 4. The van der Waals surface area contributed by atoms with E-state index in [4.69, 9.17) is 18.9 Å². The number of aromatic nitrogens is 2. The maximum absolute atomic E-state index is 14.9. The van der Waals surface area contributed by atoms with Gasteiger partial charge in [-0.2, -0.15) is 0 Å². The molecule has 2 aromatic heterocycles. The average molecular weight is 502 g/mol. The first-order valence-electron chi connectivity index (χ1n) is 12.9. The van der Waals surface area contributed by atoms with Crippen LogP contribution in [-0.2, 0) is 20.6 Å². The Bertz CT molecular complexity index is 1110. The molecule has 5 heterocycles. The number of pyridine rings is 2. The van der Waals surface area contributed by atoms with Crippen molar-refractivity contribution in [3.05, 3.63) is 29.7 Å². The lowest BCUT2D eigenvalue weighted by atomic mass is 9.69. The molecule has 0 unspecified atom stereocenters. The van der Waals surface area contributed by atoms with E-state index in [0.717, 1.165) is 32.3 Å². The molecule has 8 nitrogen and oxygen atoms in total. The van der Waals surface area contributed by atoms with Crippen molar-refractivity contribution >= 4 is 17.1 Å². The van der Waals surface area contributed by atoms with Gasteiger partial charge in [0.2, 0.25) is 5.88 Å². The highest BCUT2D eigenvalue weighted by molar-refractivity contribution is 5.78. The summed E-state index contributed by atoms with van der Waals surface area (Å²) in [5.41, 5.74) is 0.427. The van der Waals surface area contributed by atoms with Gasteiger partial charge in [-0.15, -0.1) is 0 Å². The monoisotopic (exact) mass is 501 g/mol. The second kappa shape index (κ2) is 9.41. The predicted molar refractivity (Wildman–Crippen MR) is 131 cm³/mol. The van der Waals surface area contributed by atoms with E-state index in [9.17, 15) is 9.18 Å². The van der Waals surface area contributed by atoms with Crippen LogP contribution in [0.5, 0.6) is 5.88 Å². The van der Waals surface area contributed by atoms with Crippen LogP contribution < -0.4 is 10.1 Å². The number of alkyl carbamates (subject to hydrolysis) is 1. The Balaban J connectivity index is 1.24. The fourth-order valence-corrected chi connectivity index (χ4v) is 5.32. The first-order chi connectivity index (χ1) is 17.1. The van der Waals surface area contributed by atoms with Gasteiger partial charge < -0.3 is 24.3 Å². The van der Waals surface area contributed by atoms with Gasteiger partial charge in [0, 0.05) is 17.5 Å². The van der Waals surface area contributed by atoms with E-state index >= 15 is 0 Å². The number of nitrogens with one attached hydrogen (secondary N) is 1. The highest BCUT2D eigenvalue weighted by Gasteiger charge is 2.50. The number of hydrogen-bond acceptors (Lipinski definition) is 7. The molecule has 3 saturated heterocycles. The fraction of sp³-hybridized carbons (Fsp3) is 0.667. The minimum atomic E-state index is -0.547. The number of rotatable bonds is 7. The van der Waals surface area contributed by atoms with Gasteiger partial charge in [-0.25, -0.2) is 14.2 Å². The molecule has 1 amide bonds. The number of carbonyl (C=O) groups excluding carboxylic acids is 1. The van der Waals surface area contributed by atoms with Crippen molar-refractivity contribution in [2.45, 2.75) is 89.1 Å². The molecule has 1 N–H and O–H groups in total. The fourth-order valence-electron chi connectivity index (χ4n) is 5.32. The lowest BCUT2D eigenvalue weighted by molar-refractivity contribution is -0.163. The van der Waals surface area contributed by atoms with E-state index in [2.05, 4.69) is 22.2 Å². The quantitative estimate of drug-likeness (QED) is 0.587. The van der Waals surface area contributed by atoms with Crippen molar-refractivity contribution < 1.29 is 28.1 Å². The molecule has 0 spiro atoms.